The van der Waals surface area contributed by atoms with Gasteiger partial charge in [-0.2, -0.15) is 4.31 Å². The Bertz CT molecular complexity index is 753. The van der Waals surface area contributed by atoms with Crippen molar-refractivity contribution >= 4 is 21.6 Å². The van der Waals surface area contributed by atoms with E-state index in [0.717, 1.165) is 0 Å². The number of ether oxygens (including phenoxy) is 1. The third-order valence-electron chi connectivity index (χ3n) is 3.59. The van der Waals surface area contributed by atoms with Gasteiger partial charge in [0.25, 0.3) is 0 Å². The minimum Gasteiger partial charge on any atom is -0.472 e. The van der Waals surface area contributed by atoms with Gasteiger partial charge in [-0.15, -0.1) is 0 Å². The number of aromatic nitrogens is 2. The number of nitrogens with zero attached hydrogens (tertiary/aromatic N) is 3. The maximum atomic E-state index is 12.5. The summed E-state index contributed by atoms with van der Waals surface area (Å²) in [5.41, 5.74) is 0.715. The van der Waals surface area contributed by atoms with E-state index in [1.807, 2.05) is 0 Å². The lowest BCUT2D eigenvalue weighted by Gasteiger charge is -2.17. The second-order valence-corrected chi connectivity index (χ2v) is 7.72. The van der Waals surface area contributed by atoms with Gasteiger partial charge in [0.1, 0.15) is 6.10 Å². The molecule has 6 nitrogen and oxygen atoms in total. The lowest BCUT2D eigenvalue weighted by atomic mass is 10.2. The summed E-state index contributed by atoms with van der Waals surface area (Å²) in [5, 5.41) is 0.588. The molecule has 3 rings (SSSR count). The van der Waals surface area contributed by atoms with Crippen LogP contribution in [0.15, 0.2) is 42.9 Å². The van der Waals surface area contributed by atoms with Gasteiger partial charge >= 0.3 is 0 Å². The molecule has 1 aromatic heterocycles. The van der Waals surface area contributed by atoms with Crippen LogP contribution in [0.1, 0.15) is 12.0 Å². The summed E-state index contributed by atoms with van der Waals surface area (Å²) in [7, 11) is -3.38. The fourth-order valence-corrected chi connectivity index (χ4v) is 4.15. The van der Waals surface area contributed by atoms with Crippen molar-refractivity contribution in [3.63, 3.8) is 0 Å². The predicted octanol–water partition coefficient (Wildman–Crippen LogP) is 2.11. The summed E-state index contributed by atoms with van der Waals surface area (Å²) in [6, 6.07) is 6.83. The maximum Gasteiger partial charge on any atom is 0.232 e. The highest BCUT2D eigenvalue weighted by Gasteiger charge is 2.32. The smallest absolute Gasteiger partial charge is 0.232 e. The Balaban J connectivity index is 1.62. The van der Waals surface area contributed by atoms with Crippen LogP contribution in [-0.4, -0.2) is 41.9 Å². The van der Waals surface area contributed by atoms with Crippen molar-refractivity contribution in [3.05, 3.63) is 53.4 Å². The van der Waals surface area contributed by atoms with Crippen LogP contribution in [0, 0.1) is 0 Å². The lowest BCUT2D eigenvalue weighted by Crippen LogP contribution is -2.32. The molecule has 1 aromatic carbocycles. The Morgan fingerprint density at radius 2 is 2.04 bits per heavy atom. The largest absolute Gasteiger partial charge is 0.472 e. The molecule has 2 aromatic rings. The van der Waals surface area contributed by atoms with Crippen molar-refractivity contribution in [1.82, 2.24) is 14.3 Å². The molecule has 1 aliphatic heterocycles. The molecule has 0 radical (unpaired) electrons. The van der Waals surface area contributed by atoms with Crippen LogP contribution in [-0.2, 0) is 15.8 Å². The van der Waals surface area contributed by atoms with E-state index in [9.17, 15) is 8.42 Å². The number of benzene rings is 1. The molecule has 1 fully saturated rings. The average molecular weight is 354 g/mol. The van der Waals surface area contributed by atoms with Gasteiger partial charge in [0.15, 0.2) is 0 Å². The third kappa shape index (κ3) is 4.19. The molecule has 122 valence electrons. The summed E-state index contributed by atoms with van der Waals surface area (Å²) in [5.74, 6) is 0.372. The second-order valence-electron chi connectivity index (χ2n) is 5.31. The van der Waals surface area contributed by atoms with Crippen molar-refractivity contribution in [1.29, 1.82) is 0 Å². The monoisotopic (exact) mass is 353 g/mol. The van der Waals surface area contributed by atoms with Crippen molar-refractivity contribution in [2.75, 3.05) is 13.1 Å². The van der Waals surface area contributed by atoms with Gasteiger partial charge in [-0.3, -0.25) is 4.98 Å². The summed E-state index contributed by atoms with van der Waals surface area (Å²) >= 11 is 5.82. The number of hydrogen-bond donors (Lipinski definition) is 0. The first-order valence-electron chi connectivity index (χ1n) is 7.18. The highest BCUT2D eigenvalue weighted by molar-refractivity contribution is 7.88. The highest BCUT2D eigenvalue weighted by atomic mass is 35.5. The SMILES string of the molecule is O=S(=O)(Cc1ccc(Cl)cc1)N1CCC(Oc2cnccn2)C1. The van der Waals surface area contributed by atoms with E-state index in [1.54, 1.807) is 36.7 Å². The Morgan fingerprint density at radius 1 is 1.26 bits per heavy atom. The molecule has 0 amide bonds. The standard InChI is InChI=1S/C15H16ClN3O3S/c16-13-3-1-12(2-4-13)11-23(20,21)19-8-5-14(10-19)22-15-9-17-6-7-18-15/h1-4,6-7,9,14H,5,8,10-11H2. The first-order valence-corrected chi connectivity index (χ1v) is 9.16. The number of rotatable bonds is 5. The molecule has 8 heteroatoms. The van der Waals surface area contributed by atoms with Gasteiger partial charge in [-0.1, -0.05) is 23.7 Å². The Hall–Kier alpha value is -1.70. The minimum absolute atomic E-state index is 0.0397. The van der Waals surface area contributed by atoms with Crippen molar-refractivity contribution in [2.24, 2.45) is 0 Å². The Kier molecular flexibility index (Phi) is 4.79. The van der Waals surface area contributed by atoms with Crippen molar-refractivity contribution < 1.29 is 13.2 Å². The second kappa shape index (κ2) is 6.82. The van der Waals surface area contributed by atoms with Crippen LogP contribution in [0.25, 0.3) is 0 Å². The van der Waals surface area contributed by atoms with Crippen LogP contribution in [0.5, 0.6) is 5.88 Å². The molecular weight excluding hydrogens is 338 g/mol. The van der Waals surface area contributed by atoms with Crippen molar-refractivity contribution in [3.8, 4) is 5.88 Å². The van der Waals surface area contributed by atoms with Crippen LogP contribution >= 0.6 is 11.6 Å². The molecule has 1 saturated heterocycles. The predicted molar refractivity (Wildman–Crippen MR) is 86.7 cm³/mol. The molecule has 0 aliphatic carbocycles. The number of sulfonamides is 1. The third-order valence-corrected chi connectivity index (χ3v) is 5.66. The molecule has 0 saturated carbocycles. The maximum absolute atomic E-state index is 12.5. The average Bonchev–Trinajstić information content (AvgIpc) is 3.00. The fourth-order valence-electron chi connectivity index (χ4n) is 2.45. The van der Waals surface area contributed by atoms with Gasteiger partial charge < -0.3 is 4.74 Å². The fraction of sp³-hybridized carbons (Fsp3) is 0.333. The van der Waals surface area contributed by atoms with Gasteiger partial charge in [0.05, 0.1) is 18.5 Å². The van der Waals surface area contributed by atoms with Crippen LogP contribution in [0.3, 0.4) is 0 Å². The van der Waals surface area contributed by atoms with Gasteiger partial charge in [-0.05, 0) is 24.1 Å². The summed E-state index contributed by atoms with van der Waals surface area (Å²) in [6.07, 6.45) is 5.05. The van der Waals surface area contributed by atoms with Crippen LogP contribution < -0.4 is 4.74 Å². The van der Waals surface area contributed by atoms with Crippen molar-refractivity contribution in [2.45, 2.75) is 18.3 Å². The first kappa shape index (κ1) is 16.2. The summed E-state index contributed by atoms with van der Waals surface area (Å²) < 4.78 is 32.1. The van der Waals surface area contributed by atoms with Gasteiger partial charge in [0.2, 0.25) is 15.9 Å². The molecule has 2 heterocycles. The molecule has 1 atom stereocenters. The van der Waals surface area contributed by atoms with Crippen LogP contribution in [0.4, 0.5) is 0 Å². The van der Waals surface area contributed by atoms with E-state index in [-0.39, 0.29) is 11.9 Å². The van der Waals surface area contributed by atoms with E-state index < -0.39 is 10.0 Å². The van der Waals surface area contributed by atoms with E-state index in [1.165, 1.54) is 10.5 Å². The topological polar surface area (TPSA) is 72.4 Å². The zero-order valence-corrected chi connectivity index (χ0v) is 13.9. The first-order chi connectivity index (χ1) is 11.0. The molecule has 1 aliphatic rings. The Labute approximate surface area is 140 Å². The van der Waals surface area contributed by atoms with Gasteiger partial charge in [0, 0.05) is 24.0 Å². The quantitative estimate of drug-likeness (QED) is 0.823. The Morgan fingerprint density at radius 3 is 2.74 bits per heavy atom. The van der Waals surface area contributed by atoms with E-state index >= 15 is 0 Å². The highest BCUT2D eigenvalue weighted by Crippen LogP contribution is 2.21. The molecular formula is C15H16ClN3O3S. The molecule has 0 N–H and O–H groups in total. The van der Waals surface area contributed by atoms with Crippen LogP contribution in [0.2, 0.25) is 5.02 Å². The molecule has 23 heavy (non-hydrogen) atoms. The number of hydrogen-bond acceptors (Lipinski definition) is 5. The molecule has 1 unspecified atom stereocenters. The zero-order chi connectivity index (χ0) is 16.3. The lowest BCUT2D eigenvalue weighted by molar-refractivity contribution is 0.206. The van der Waals surface area contributed by atoms with E-state index in [0.29, 0.717) is 36.0 Å². The molecule has 0 bridgehead atoms. The minimum atomic E-state index is -3.38. The normalized spacial score (nSPS) is 18.9. The van der Waals surface area contributed by atoms with Gasteiger partial charge in [-0.25, -0.2) is 13.4 Å². The van der Waals surface area contributed by atoms with E-state index in [4.69, 9.17) is 16.3 Å². The zero-order valence-electron chi connectivity index (χ0n) is 12.3. The molecule has 0 spiro atoms. The summed E-state index contributed by atoms with van der Waals surface area (Å²) in [6.45, 7) is 0.771. The van der Waals surface area contributed by atoms with E-state index in [2.05, 4.69) is 9.97 Å². The number of halogens is 1. The summed E-state index contributed by atoms with van der Waals surface area (Å²) in [4.78, 5) is 7.97.